The molecular weight excluding hydrogens is 452 g/mol. The number of amides is 1. The summed E-state index contributed by atoms with van der Waals surface area (Å²) in [5.41, 5.74) is 2.15. The van der Waals surface area contributed by atoms with Gasteiger partial charge in [-0.3, -0.25) is 14.5 Å². The van der Waals surface area contributed by atoms with E-state index in [2.05, 4.69) is 15.0 Å². The molecule has 0 atom stereocenters. The molecule has 32 heavy (non-hydrogen) atoms. The van der Waals surface area contributed by atoms with Crippen molar-refractivity contribution in [2.45, 2.75) is 26.4 Å². The van der Waals surface area contributed by atoms with E-state index in [-0.39, 0.29) is 22.2 Å². The van der Waals surface area contributed by atoms with Crippen LogP contribution in [0.3, 0.4) is 0 Å². The van der Waals surface area contributed by atoms with Gasteiger partial charge in [0.1, 0.15) is 11.4 Å². The number of ether oxygens (including phenoxy) is 1. The average molecular weight is 477 g/mol. The maximum atomic E-state index is 12.8. The van der Waals surface area contributed by atoms with Crippen LogP contribution >= 0.6 is 11.6 Å². The highest BCUT2D eigenvalue weighted by atomic mass is 35.5. The Kier molecular flexibility index (Phi) is 6.52. The summed E-state index contributed by atoms with van der Waals surface area (Å²) in [4.78, 5) is 17.2. The van der Waals surface area contributed by atoms with Gasteiger partial charge in [-0.25, -0.2) is 8.42 Å². The molecule has 0 aliphatic carbocycles. The number of halogens is 1. The number of rotatable bonds is 6. The second kappa shape index (κ2) is 8.84. The van der Waals surface area contributed by atoms with Gasteiger partial charge >= 0.3 is 0 Å². The molecule has 0 aliphatic rings. The van der Waals surface area contributed by atoms with E-state index in [0.717, 1.165) is 11.9 Å². The van der Waals surface area contributed by atoms with Gasteiger partial charge in [0.15, 0.2) is 0 Å². The first-order chi connectivity index (χ1) is 14.8. The SMILES string of the molecule is Cn1cc(C(=O)Nc2cc(Cl)cc(NS(C)(=O)=O)c2)cc1-c1ccc(OC(C)(C)C)cn1. The Morgan fingerprint density at radius 1 is 1.12 bits per heavy atom. The molecule has 0 aliphatic heterocycles. The minimum atomic E-state index is -3.48. The van der Waals surface area contributed by atoms with E-state index < -0.39 is 10.0 Å². The standard InChI is InChI=1S/C22H25ClN4O4S/c1-22(2,3)31-18-6-7-19(24-12-18)20-8-14(13-27(20)4)21(28)25-16-9-15(23)10-17(11-16)26-32(5,29)30/h6-13,26H,1-5H3,(H,25,28). The van der Waals surface area contributed by atoms with E-state index in [4.69, 9.17) is 16.3 Å². The molecule has 0 unspecified atom stereocenters. The molecule has 2 heterocycles. The van der Waals surface area contributed by atoms with Crippen molar-refractivity contribution in [1.29, 1.82) is 0 Å². The minimum Gasteiger partial charge on any atom is -0.487 e. The summed E-state index contributed by atoms with van der Waals surface area (Å²) >= 11 is 6.06. The Bertz CT molecular complexity index is 1250. The summed E-state index contributed by atoms with van der Waals surface area (Å²) in [6.07, 6.45) is 4.37. The molecule has 0 saturated heterocycles. The van der Waals surface area contributed by atoms with Crippen LogP contribution < -0.4 is 14.8 Å². The number of anilines is 2. The van der Waals surface area contributed by atoms with E-state index in [1.54, 1.807) is 23.0 Å². The van der Waals surface area contributed by atoms with E-state index in [9.17, 15) is 13.2 Å². The Hall–Kier alpha value is -3.04. The highest BCUT2D eigenvalue weighted by Gasteiger charge is 2.16. The maximum absolute atomic E-state index is 12.8. The van der Waals surface area contributed by atoms with Crippen LogP contribution in [0.15, 0.2) is 48.8 Å². The molecule has 0 radical (unpaired) electrons. The quantitative estimate of drug-likeness (QED) is 0.543. The van der Waals surface area contributed by atoms with Crippen LogP contribution in [0.2, 0.25) is 5.02 Å². The molecule has 8 nitrogen and oxygen atoms in total. The number of pyridine rings is 1. The third kappa shape index (κ3) is 6.48. The monoisotopic (exact) mass is 476 g/mol. The average Bonchev–Trinajstić information content (AvgIpc) is 3.01. The van der Waals surface area contributed by atoms with Crippen molar-refractivity contribution in [1.82, 2.24) is 9.55 Å². The molecule has 170 valence electrons. The zero-order valence-electron chi connectivity index (χ0n) is 18.4. The zero-order valence-corrected chi connectivity index (χ0v) is 20.0. The van der Waals surface area contributed by atoms with Crippen LogP contribution in [0, 0.1) is 0 Å². The summed E-state index contributed by atoms with van der Waals surface area (Å²) < 4.78 is 32.9. The highest BCUT2D eigenvalue weighted by Crippen LogP contribution is 2.26. The number of aromatic nitrogens is 2. The lowest BCUT2D eigenvalue weighted by molar-refractivity contribution is 0.102. The third-order valence-corrected chi connectivity index (χ3v) is 4.97. The fourth-order valence-corrected chi connectivity index (χ4v) is 3.81. The Balaban J connectivity index is 1.79. The second-order valence-electron chi connectivity index (χ2n) is 8.38. The number of carbonyl (C=O) groups is 1. The van der Waals surface area contributed by atoms with Crippen molar-refractivity contribution in [3.8, 4) is 17.1 Å². The van der Waals surface area contributed by atoms with E-state index in [0.29, 0.717) is 22.7 Å². The number of carbonyl (C=O) groups excluding carboxylic acids is 1. The van der Waals surface area contributed by atoms with Gasteiger partial charge in [-0.1, -0.05) is 11.6 Å². The van der Waals surface area contributed by atoms with E-state index >= 15 is 0 Å². The van der Waals surface area contributed by atoms with Crippen molar-refractivity contribution < 1.29 is 17.9 Å². The van der Waals surface area contributed by atoms with Gasteiger partial charge < -0.3 is 14.6 Å². The number of benzene rings is 1. The molecule has 3 aromatic rings. The molecular formula is C22H25ClN4O4S. The number of nitrogens with zero attached hydrogens (tertiary/aromatic N) is 2. The molecule has 0 spiro atoms. The van der Waals surface area contributed by atoms with Gasteiger partial charge in [0, 0.05) is 24.0 Å². The van der Waals surface area contributed by atoms with Crippen molar-refractivity contribution in [2.24, 2.45) is 7.05 Å². The molecule has 3 rings (SSSR count). The summed E-state index contributed by atoms with van der Waals surface area (Å²) in [5.74, 6) is 0.292. The largest absolute Gasteiger partial charge is 0.487 e. The number of aryl methyl sites for hydroxylation is 1. The lowest BCUT2D eigenvalue weighted by Crippen LogP contribution is -2.22. The van der Waals surface area contributed by atoms with Gasteiger partial charge in [0.2, 0.25) is 10.0 Å². The van der Waals surface area contributed by atoms with Crippen LogP contribution in [0.4, 0.5) is 11.4 Å². The molecule has 0 saturated carbocycles. The van der Waals surface area contributed by atoms with E-state index in [1.807, 2.05) is 40.0 Å². The predicted molar refractivity (Wildman–Crippen MR) is 127 cm³/mol. The number of hydrogen-bond acceptors (Lipinski definition) is 5. The molecule has 1 aromatic carbocycles. The number of hydrogen-bond donors (Lipinski definition) is 2. The first-order valence-electron chi connectivity index (χ1n) is 9.71. The number of sulfonamides is 1. The van der Waals surface area contributed by atoms with Gasteiger partial charge in [-0.2, -0.15) is 0 Å². The van der Waals surface area contributed by atoms with Gasteiger partial charge in [-0.15, -0.1) is 0 Å². The van der Waals surface area contributed by atoms with Crippen LogP contribution in [-0.4, -0.2) is 35.7 Å². The first-order valence-corrected chi connectivity index (χ1v) is 12.0. The Labute approximate surface area is 192 Å². The smallest absolute Gasteiger partial charge is 0.257 e. The molecule has 0 fully saturated rings. The van der Waals surface area contributed by atoms with Gasteiger partial charge in [0.05, 0.1) is 35.1 Å². The molecule has 1 amide bonds. The van der Waals surface area contributed by atoms with Crippen molar-refractivity contribution >= 4 is 38.9 Å². The van der Waals surface area contributed by atoms with Crippen LogP contribution in [0.5, 0.6) is 5.75 Å². The van der Waals surface area contributed by atoms with Crippen molar-refractivity contribution in [3.05, 3.63) is 59.4 Å². The maximum Gasteiger partial charge on any atom is 0.257 e. The molecule has 10 heteroatoms. The zero-order chi connectivity index (χ0) is 23.7. The van der Waals surface area contributed by atoms with Crippen LogP contribution in [-0.2, 0) is 17.1 Å². The normalized spacial score (nSPS) is 11.8. The Morgan fingerprint density at radius 2 is 1.81 bits per heavy atom. The summed E-state index contributed by atoms with van der Waals surface area (Å²) in [5, 5.41) is 3.02. The van der Waals surface area contributed by atoms with E-state index in [1.165, 1.54) is 18.2 Å². The lowest BCUT2D eigenvalue weighted by Gasteiger charge is -2.20. The van der Waals surface area contributed by atoms with Gasteiger partial charge in [0.25, 0.3) is 5.91 Å². The van der Waals surface area contributed by atoms with Crippen LogP contribution in [0.25, 0.3) is 11.4 Å². The summed E-state index contributed by atoms with van der Waals surface area (Å²) in [7, 11) is -1.66. The second-order valence-corrected chi connectivity index (χ2v) is 10.6. The fourth-order valence-electron chi connectivity index (χ4n) is 3.03. The lowest BCUT2D eigenvalue weighted by atomic mass is 10.2. The minimum absolute atomic E-state index is 0.255. The number of nitrogens with one attached hydrogen (secondary N) is 2. The molecule has 2 aromatic heterocycles. The highest BCUT2D eigenvalue weighted by molar-refractivity contribution is 7.92. The Morgan fingerprint density at radius 3 is 2.41 bits per heavy atom. The topological polar surface area (TPSA) is 102 Å². The van der Waals surface area contributed by atoms with Gasteiger partial charge in [-0.05, 0) is 57.2 Å². The molecule has 2 N–H and O–H groups in total. The fraction of sp³-hybridized carbons (Fsp3) is 0.273. The third-order valence-electron chi connectivity index (χ3n) is 4.15. The first kappa shape index (κ1) is 23.6. The summed E-state index contributed by atoms with van der Waals surface area (Å²) in [6.45, 7) is 5.88. The summed E-state index contributed by atoms with van der Waals surface area (Å²) in [6, 6.07) is 9.87. The predicted octanol–water partition coefficient (Wildman–Crippen LogP) is 4.54. The van der Waals surface area contributed by atoms with Crippen molar-refractivity contribution in [3.63, 3.8) is 0 Å². The molecule has 0 bridgehead atoms. The van der Waals surface area contributed by atoms with Crippen molar-refractivity contribution in [2.75, 3.05) is 16.3 Å². The van der Waals surface area contributed by atoms with Crippen LogP contribution in [0.1, 0.15) is 31.1 Å².